The van der Waals surface area contributed by atoms with E-state index in [0.717, 1.165) is 60.8 Å². The maximum Gasteiger partial charge on any atom is 0.162 e. The van der Waals surface area contributed by atoms with Gasteiger partial charge in [-0.1, -0.05) is 19.1 Å². The molecule has 0 amide bonds. The second kappa shape index (κ2) is 6.26. The number of para-hydroxylation sites is 1. The lowest BCUT2D eigenvalue weighted by atomic mass is 10.2. The molecule has 1 aliphatic heterocycles. The summed E-state index contributed by atoms with van der Waals surface area (Å²) >= 11 is 1.68. The normalized spacial score (nSPS) is 16.1. The van der Waals surface area contributed by atoms with Crippen molar-refractivity contribution in [3.63, 3.8) is 0 Å². The van der Waals surface area contributed by atoms with Crippen molar-refractivity contribution in [2.45, 2.75) is 6.92 Å². The number of anilines is 1. The lowest BCUT2D eigenvalue weighted by Crippen LogP contribution is -2.46. The standard InChI is InChI=1S/C18H20N4S/c1-2-21-8-10-22(11-9-21)18-15-5-3-4-6-16(15)19-17(20-18)14-7-12-23-13-14/h3-7,12-13H,2,8-11H2,1H3. The molecule has 118 valence electrons. The van der Waals surface area contributed by atoms with E-state index >= 15 is 0 Å². The molecule has 3 aromatic rings. The lowest BCUT2D eigenvalue weighted by Gasteiger charge is -2.35. The number of hydrogen-bond acceptors (Lipinski definition) is 5. The third-order valence-corrected chi connectivity index (χ3v) is 5.16. The van der Waals surface area contributed by atoms with Gasteiger partial charge in [0.25, 0.3) is 0 Å². The average molecular weight is 324 g/mol. The average Bonchev–Trinajstić information content (AvgIpc) is 3.15. The van der Waals surface area contributed by atoms with Crippen molar-refractivity contribution in [1.82, 2.24) is 14.9 Å². The molecule has 0 bridgehead atoms. The van der Waals surface area contributed by atoms with Gasteiger partial charge in [0.1, 0.15) is 5.82 Å². The van der Waals surface area contributed by atoms with Crippen molar-refractivity contribution < 1.29 is 0 Å². The summed E-state index contributed by atoms with van der Waals surface area (Å²) < 4.78 is 0. The van der Waals surface area contributed by atoms with Gasteiger partial charge < -0.3 is 9.80 Å². The minimum atomic E-state index is 0.831. The van der Waals surface area contributed by atoms with Gasteiger partial charge in [-0.05, 0) is 30.1 Å². The van der Waals surface area contributed by atoms with E-state index in [1.165, 1.54) is 0 Å². The Kier molecular flexibility index (Phi) is 3.97. The summed E-state index contributed by atoms with van der Waals surface area (Å²) in [6.45, 7) is 7.60. The van der Waals surface area contributed by atoms with Crippen LogP contribution in [0, 0.1) is 0 Å². The van der Waals surface area contributed by atoms with Gasteiger partial charge in [0.15, 0.2) is 5.82 Å². The quantitative estimate of drug-likeness (QED) is 0.738. The molecular weight excluding hydrogens is 304 g/mol. The first-order valence-corrected chi connectivity index (χ1v) is 9.06. The smallest absolute Gasteiger partial charge is 0.162 e. The van der Waals surface area contributed by atoms with Crippen LogP contribution in [-0.2, 0) is 0 Å². The van der Waals surface area contributed by atoms with Gasteiger partial charge in [-0.3, -0.25) is 0 Å². The number of thiophene rings is 1. The molecular formula is C18H20N4S. The maximum absolute atomic E-state index is 4.92. The number of hydrogen-bond donors (Lipinski definition) is 0. The van der Waals surface area contributed by atoms with Crippen molar-refractivity contribution in [3.05, 3.63) is 41.1 Å². The Bertz CT molecular complexity index is 792. The van der Waals surface area contributed by atoms with Crippen molar-refractivity contribution in [2.75, 3.05) is 37.6 Å². The summed E-state index contributed by atoms with van der Waals surface area (Å²) in [5.41, 5.74) is 2.13. The molecule has 1 aromatic carbocycles. The van der Waals surface area contributed by atoms with Crippen molar-refractivity contribution in [3.8, 4) is 11.4 Å². The van der Waals surface area contributed by atoms with Crippen molar-refractivity contribution in [2.24, 2.45) is 0 Å². The van der Waals surface area contributed by atoms with Gasteiger partial charge in [0, 0.05) is 42.5 Å². The number of aromatic nitrogens is 2. The van der Waals surface area contributed by atoms with E-state index in [4.69, 9.17) is 9.97 Å². The van der Waals surface area contributed by atoms with E-state index in [1.807, 2.05) is 6.07 Å². The highest BCUT2D eigenvalue weighted by atomic mass is 32.1. The largest absolute Gasteiger partial charge is 0.353 e. The van der Waals surface area contributed by atoms with Crippen LogP contribution in [0.4, 0.5) is 5.82 Å². The van der Waals surface area contributed by atoms with E-state index in [9.17, 15) is 0 Å². The van der Waals surface area contributed by atoms with Gasteiger partial charge in [-0.15, -0.1) is 0 Å². The van der Waals surface area contributed by atoms with Crippen molar-refractivity contribution >= 4 is 28.1 Å². The van der Waals surface area contributed by atoms with Crippen LogP contribution in [0.1, 0.15) is 6.92 Å². The fourth-order valence-corrected chi connectivity index (χ4v) is 3.73. The molecule has 0 saturated carbocycles. The molecule has 3 heterocycles. The fourth-order valence-electron chi connectivity index (χ4n) is 3.10. The highest BCUT2D eigenvalue weighted by molar-refractivity contribution is 7.08. The fraction of sp³-hybridized carbons (Fsp3) is 0.333. The first kappa shape index (κ1) is 14.6. The molecule has 23 heavy (non-hydrogen) atoms. The zero-order chi connectivity index (χ0) is 15.6. The predicted molar refractivity (Wildman–Crippen MR) is 97.2 cm³/mol. The third kappa shape index (κ3) is 2.82. The summed E-state index contributed by atoms with van der Waals surface area (Å²) in [5.74, 6) is 1.91. The van der Waals surface area contributed by atoms with Gasteiger partial charge in [-0.2, -0.15) is 11.3 Å². The summed E-state index contributed by atoms with van der Waals surface area (Å²) in [4.78, 5) is 14.6. The van der Waals surface area contributed by atoms with Crippen LogP contribution in [0.15, 0.2) is 41.1 Å². The molecule has 5 heteroatoms. The van der Waals surface area contributed by atoms with E-state index < -0.39 is 0 Å². The SMILES string of the molecule is CCN1CCN(c2nc(-c3ccsc3)nc3ccccc23)CC1. The van der Waals surface area contributed by atoms with Crippen LogP contribution in [0.25, 0.3) is 22.3 Å². The van der Waals surface area contributed by atoms with Crippen LogP contribution in [0.3, 0.4) is 0 Å². The lowest BCUT2D eigenvalue weighted by molar-refractivity contribution is 0.271. The first-order valence-electron chi connectivity index (χ1n) is 8.12. The summed E-state index contributed by atoms with van der Waals surface area (Å²) in [7, 11) is 0. The Morgan fingerprint density at radius 3 is 2.61 bits per heavy atom. The minimum Gasteiger partial charge on any atom is -0.353 e. The molecule has 1 aliphatic rings. The summed E-state index contributed by atoms with van der Waals surface area (Å²) in [6.07, 6.45) is 0. The molecule has 2 aromatic heterocycles. The Morgan fingerprint density at radius 1 is 1.04 bits per heavy atom. The van der Waals surface area contributed by atoms with E-state index in [0.29, 0.717) is 0 Å². The van der Waals surface area contributed by atoms with E-state index in [1.54, 1.807) is 11.3 Å². The highest BCUT2D eigenvalue weighted by Gasteiger charge is 2.20. The Morgan fingerprint density at radius 2 is 1.87 bits per heavy atom. The molecule has 0 atom stereocenters. The molecule has 4 nitrogen and oxygen atoms in total. The number of rotatable bonds is 3. The summed E-state index contributed by atoms with van der Waals surface area (Å²) in [5, 5.41) is 5.34. The van der Waals surface area contributed by atoms with Crippen LogP contribution in [-0.4, -0.2) is 47.6 Å². The maximum atomic E-state index is 4.92. The molecule has 1 fully saturated rings. The summed E-state index contributed by atoms with van der Waals surface area (Å²) in [6, 6.07) is 10.4. The van der Waals surface area contributed by atoms with E-state index in [2.05, 4.69) is 51.7 Å². The number of benzene rings is 1. The zero-order valence-corrected chi connectivity index (χ0v) is 14.1. The van der Waals surface area contributed by atoms with Gasteiger partial charge >= 0.3 is 0 Å². The van der Waals surface area contributed by atoms with Gasteiger partial charge in [0.2, 0.25) is 0 Å². The highest BCUT2D eigenvalue weighted by Crippen LogP contribution is 2.28. The predicted octanol–water partition coefficient (Wildman–Crippen LogP) is 3.50. The van der Waals surface area contributed by atoms with Gasteiger partial charge in [0.05, 0.1) is 5.52 Å². The molecule has 0 spiro atoms. The van der Waals surface area contributed by atoms with E-state index in [-0.39, 0.29) is 0 Å². The van der Waals surface area contributed by atoms with Crippen LogP contribution >= 0.6 is 11.3 Å². The second-order valence-corrected chi connectivity index (χ2v) is 6.60. The third-order valence-electron chi connectivity index (χ3n) is 4.48. The zero-order valence-electron chi connectivity index (χ0n) is 13.3. The molecule has 0 radical (unpaired) electrons. The number of nitrogens with zero attached hydrogens (tertiary/aromatic N) is 4. The molecule has 0 unspecified atom stereocenters. The molecule has 0 aliphatic carbocycles. The number of piperazine rings is 1. The Hall–Kier alpha value is -1.98. The first-order chi connectivity index (χ1) is 11.3. The Labute approximate surface area is 140 Å². The topological polar surface area (TPSA) is 32.3 Å². The minimum absolute atomic E-state index is 0.831. The van der Waals surface area contributed by atoms with Gasteiger partial charge in [-0.25, -0.2) is 9.97 Å². The van der Waals surface area contributed by atoms with Crippen LogP contribution in [0.2, 0.25) is 0 Å². The second-order valence-electron chi connectivity index (χ2n) is 5.82. The Balaban J connectivity index is 1.78. The molecule has 0 N–H and O–H groups in total. The number of fused-ring (bicyclic) bond motifs is 1. The van der Waals surface area contributed by atoms with Crippen molar-refractivity contribution in [1.29, 1.82) is 0 Å². The molecule has 1 saturated heterocycles. The number of likely N-dealkylation sites (N-methyl/N-ethyl adjacent to an activating group) is 1. The monoisotopic (exact) mass is 324 g/mol. The van der Waals surface area contributed by atoms with Crippen LogP contribution in [0.5, 0.6) is 0 Å². The molecule has 4 rings (SSSR count). The van der Waals surface area contributed by atoms with Crippen LogP contribution < -0.4 is 4.90 Å².